The maximum Gasteiger partial charge on any atom is 0.407 e. The summed E-state index contributed by atoms with van der Waals surface area (Å²) in [5.41, 5.74) is -0.701. The van der Waals surface area contributed by atoms with E-state index < -0.39 is 29.4 Å². The summed E-state index contributed by atoms with van der Waals surface area (Å²) in [6, 6.07) is 5.00. The maximum absolute atomic E-state index is 13.6. The van der Waals surface area contributed by atoms with Crippen molar-refractivity contribution in [2.75, 3.05) is 18.6 Å². The fraction of sp³-hybridized carbons (Fsp3) is 0.579. The van der Waals surface area contributed by atoms with E-state index >= 15 is 0 Å². The van der Waals surface area contributed by atoms with Gasteiger partial charge in [-0.25, -0.2) is 4.79 Å². The van der Waals surface area contributed by atoms with Gasteiger partial charge >= 0.3 is 6.09 Å². The van der Waals surface area contributed by atoms with Crippen molar-refractivity contribution in [3.8, 4) is 0 Å². The number of hydrogen-bond acceptors (Lipinski definition) is 4. The van der Waals surface area contributed by atoms with E-state index in [4.69, 9.17) is 21.1 Å². The highest BCUT2D eigenvalue weighted by molar-refractivity contribution is 9.10. The van der Waals surface area contributed by atoms with Gasteiger partial charge in [-0.05, 0) is 41.1 Å². The van der Waals surface area contributed by atoms with Gasteiger partial charge in [0.2, 0.25) is 5.91 Å². The molecule has 0 aliphatic carbocycles. The molecule has 4 heterocycles. The second-order valence-corrected chi connectivity index (χ2v) is 9.55. The number of hydrogen-bond donors (Lipinski definition) is 1. The van der Waals surface area contributed by atoms with Crippen LogP contribution in [0.4, 0.5) is 10.5 Å². The molecule has 2 amide bonds. The fourth-order valence-electron chi connectivity index (χ4n) is 5.89. The first-order chi connectivity index (χ1) is 13.2. The number of likely N-dealkylation sites (N-methyl/N-ethyl adjacent to an activating group) is 1. The zero-order chi connectivity index (χ0) is 20.0. The summed E-state index contributed by atoms with van der Waals surface area (Å²) in [5, 5.41) is 10.1. The molecule has 28 heavy (non-hydrogen) atoms. The molecule has 1 spiro atoms. The third-order valence-electron chi connectivity index (χ3n) is 7.04. The SMILES string of the molecule is CN(C(=O)O)[C@@H]1C[C@@]23CCO[C@H]4[C@@H]2[C@H](C(=O)N4c2ccc(Cl)c(Br)c2)[C@]1(C)O3. The summed E-state index contributed by atoms with van der Waals surface area (Å²) in [6.07, 6.45) is -0.186. The van der Waals surface area contributed by atoms with Crippen LogP contribution in [0.2, 0.25) is 5.02 Å². The van der Waals surface area contributed by atoms with E-state index in [0.29, 0.717) is 34.6 Å². The molecule has 9 heteroatoms. The lowest BCUT2D eigenvalue weighted by Crippen LogP contribution is -2.58. The van der Waals surface area contributed by atoms with Crippen molar-refractivity contribution in [2.24, 2.45) is 11.8 Å². The van der Waals surface area contributed by atoms with Gasteiger partial charge in [-0.2, -0.15) is 0 Å². The molecular weight excluding hydrogens is 452 g/mol. The molecule has 4 saturated heterocycles. The average Bonchev–Trinajstić information content (AvgIpc) is 3.21. The van der Waals surface area contributed by atoms with Gasteiger partial charge in [0.15, 0.2) is 0 Å². The molecule has 1 aromatic carbocycles. The van der Waals surface area contributed by atoms with E-state index in [1.165, 1.54) is 4.90 Å². The number of carbonyl (C=O) groups is 2. The number of fused-ring (bicyclic) bond motifs is 2. The molecule has 1 aromatic rings. The van der Waals surface area contributed by atoms with Crippen LogP contribution in [0.3, 0.4) is 0 Å². The number of ether oxygens (including phenoxy) is 2. The van der Waals surface area contributed by atoms with E-state index in [1.54, 1.807) is 18.0 Å². The molecule has 5 rings (SSSR count). The van der Waals surface area contributed by atoms with Crippen molar-refractivity contribution in [3.63, 3.8) is 0 Å². The topological polar surface area (TPSA) is 79.3 Å². The molecule has 4 aliphatic rings. The van der Waals surface area contributed by atoms with Crippen molar-refractivity contribution in [1.82, 2.24) is 4.90 Å². The largest absolute Gasteiger partial charge is 0.465 e. The Kier molecular flexibility index (Phi) is 3.89. The molecule has 0 radical (unpaired) electrons. The number of anilines is 1. The normalized spacial score (nSPS) is 40.7. The minimum Gasteiger partial charge on any atom is -0.465 e. The Morgan fingerprint density at radius 1 is 1.46 bits per heavy atom. The Morgan fingerprint density at radius 3 is 2.89 bits per heavy atom. The van der Waals surface area contributed by atoms with Crippen molar-refractivity contribution in [3.05, 3.63) is 27.7 Å². The van der Waals surface area contributed by atoms with Crippen LogP contribution < -0.4 is 4.90 Å². The summed E-state index contributed by atoms with van der Waals surface area (Å²) >= 11 is 9.55. The van der Waals surface area contributed by atoms with Gasteiger partial charge in [0, 0.05) is 36.0 Å². The number of rotatable bonds is 2. The highest BCUT2D eigenvalue weighted by Crippen LogP contribution is 2.66. The first-order valence-electron chi connectivity index (χ1n) is 9.25. The van der Waals surface area contributed by atoms with E-state index in [0.717, 1.165) is 0 Å². The lowest BCUT2D eigenvalue weighted by molar-refractivity contribution is -0.140. The summed E-state index contributed by atoms with van der Waals surface area (Å²) in [4.78, 5) is 28.2. The first-order valence-corrected chi connectivity index (χ1v) is 10.4. The predicted octanol–water partition coefficient (Wildman–Crippen LogP) is 3.34. The number of carboxylic acid groups (broad SMARTS) is 1. The molecule has 0 aromatic heterocycles. The van der Waals surface area contributed by atoms with Crippen LogP contribution in [0.15, 0.2) is 22.7 Å². The second-order valence-electron chi connectivity index (χ2n) is 8.29. The number of benzene rings is 1. The minimum atomic E-state index is -1.01. The number of nitrogens with zero attached hydrogens (tertiary/aromatic N) is 2. The molecule has 150 valence electrons. The van der Waals surface area contributed by atoms with Crippen molar-refractivity contribution in [1.29, 1.82) is 0 Å². The number of amides is 2. The van der Waals surface area contributed by atoms with Crippen LogP contribution >= 0.6 is 27.5 Å². The Labute approximate surface area is 175 Å². The molecule has 7 nitrogen and oxygen atoms in total. The van der Waals surface area contributed by atoms with Crippen LogP contribution in [0.5, 0.6) is 0 Å². The summed E-state index contributed by atoms with van der Waals surface area (Å²) in [5.74, 6) is -0.654. The molecule has 1 N–H and O–H groups in total. The number of carbonyl (C=O) groups excluding carboxylic acids is 1. The van der Waals surface area contributed by atoms with E-state index in [-0.39, 0.29) is 17.9 Å². The molecular formula is C19H20BrClN2O5. The lowest BCUT2D eigenvalue weighted by Gasteiger charge is -2.44. The zero-order valence-electron chi connectivity index (χ0n) is 15.4. The average molecular weight is 472 g/mol. The molecule has 6 atom stereocenters. The van der Waals surface area contributed by atoms with Crippen LogP contribution in [0.1, 0.15) is 19.8 Å². The predicted molar refractivity (Wildman–Crippen MR) is 104 cm³/mol. The van der Waals surface area contributed by atoms with Gasteiger partial charge in [0.1, 0.15) is 6.23 Å². The van der Waals surface area contributed by atoms with Gasteiger partial charge in [-0.1, -0.05) is 11.6 Å². The molecule has 4 aliphatic heterocycles. The van der Waals surface area contributed by atoms with Crippen LogP contribution in [0.25, 0.3) is 0 Å². The van der Waals surface area contributed by atoms with Crippen LogP contribution in [-0.2, 0) is 14.3 Å². The smallest absolute Gasteiger partial charge is 0.407 e. The first kappa shape index (κ1) is 18.7. The monoisotopic (exact) mass is 470 g/mol. The maximum atomic E-state index is 13.6. The Bertz CT molecular complexity index is 899. The fourth-order valence-corrected chi connectivity index (χ4v) is 6.37. The van der Waals surface area contributed by atoms with E-state index in [1.807, 2.05) is 19.1 Å². The summed E-state index contributed by atoms with van der Waals surface area (Å²) < 4.78 is 13.3. The van der Waals surface area contributed by atoms with E-state index in [9.17, 15) is 14.7 Å². The second kappa shape index (κ2) is 5.84. The summed E-state index contributed by atoms with van der Waals surface area (Å²) in [7, 11) is 1.55. The highest BCUT2D eigenvalue weighted by atomic mass is 79.9. The molecule has 0 saturated carbocycles. The quantitative estimate of drug-likeness (QED) is 0.716. The number of halogens is 2. The van der Waals surface area contributed by atoms with Gasteiger partial charge < -0.3 is 19.5 Å². The zero-order valence-corrected chi connectivity index (χ0v) is 17.7. The standard InChI is InChI=1S/C19H20BrClN2O5/c1-18-12(22(2)17(25)26)8-19(28-18)5-6-27-16-14(19)13(18)15(24)23(16)9-3-4-11(21)10(20)7-9/h3-4,7,12-14,16H,5-6,8H2,1-2H3,(H,25,26)/t12-,13-,14+,16+,18-,19+/m1/s1. The lowest BCUT2D eigenvalue weighted by atomic mass is 9.64. The third kappa shape index (κ3) is 2.17. The van der Waals surface area contributed by atoms with Gasteiger partial charge in [0.05, 0.1) is 34.8 Å². The Hall–Kier alpha value is -1.35. The third-order valence-corrected chi connectivity index (χ3v) is 8.25. The highest BCUT2D eigenvalue weighted by Gasteiger charge is 2.78. The van der Waals surface area contributed by atoms with Crippen molar-refractivity contribution >= 4 is 45.2 Å². The van der Waals surface area contributed by atoms with Crippen molar-refractivity contribution in [2.45, 2.75) is 43.2 Å². The van der Waals surface area contributed by atoms with Crippen molar-refractivity contribution < 1.29 is 24.2 Å². The van der Waals surface area contributed by atoms with Crippen LogP contribution in [-0.4, -0.2) is 59.1 Å². The molecule has 0 unspecified atom stereocenters. The van der Waals surface area contributed by atoms with Gasteiger partial charge in [-0.3, -0.25) is 9.69 Å². The Morgan fingerprint density at radius 2 is 2.21 bits per heavy atom. The Balaban J connectivity index is 1.60. The molecule has 4 fully saturated rings. The van der Waals surface area contributed by atoms with E-state index in [2.05, 4.69) is 15.9 Å². The summed E-state index contributed by atoms with van der Waals surface area (Å²) in [6.45, 7) is 2.34. The van der Waals surface area contributed by atoms with Gasteiger partial charge in [0.25, 0.3) is 0 Å². The minimum absolute atomic E-state index is 0.0843. The molecule has 2 bridgehead atoms. The van der Waals surface area contributed by atoms with Crippen LogP contribution in [0, 0.1) is 11.8 Å². The van der Waals surface area contributed by atoms with Gasteiger partial charge in [-0.15, -0.1) is 0 Å².